The van der Waals surface area contributed by atoms with Gasteiger partial charge in [0.2, 0.25) is 5.89 Å². The molecule has 2 N–H and O–H groups in total. The van der Waals surface area contributed by atoms with E-state index in [1.807, 2.05) is 101 Å². The van der Waals surface area contributed by atoms with Crippen molar-refractivity contribution in [3.63, 3.8) is 0 Å². The average molecular weight is 529 g/mol. The Hall–Kier alpha value is -4.85. The maximum atomic E-state index is 13.9. The zero-order chi connectivity index (χ0) is 27.7. The fraction of sp³-hybridized carbons (Fsp3) is 0.219. The molecule has 2 unspecified atom stereocenters. The number of fused-ring (bicyclic) bond motifs is 6. The van der Waals surface area contributed by atoms with E-state index in [0.29, 0.717) is 17.3 Å². The Kier molecular flexibility index (Phi) is 5.04. The predicted molar refractivity (Wildman–Crippen MR) is 155 cm³/mol. The van der Waals surface area contributed by atoms with Crippen LogP contribution in [0.3, 0.4) is 0 Å². The number of pyridine rings is 1. The zero-order valence-corrected chi connectivity index (χ0v) is 22.7. The van der Waals surface area contributed by atoms with Gasteiger partial charge in [0.1, 0.15) is 5.54 Å². The van der Waals surface area contributed by atoms with Gasteiger partial charge in [0.25, 0.3) is 0 Å². The normalized spacial score (nSPS) is 25.9. The van der Waals surface area contributed by atoms with Gasteiger partial charge in [-0.1, -0.05) is 0 Å². The van der Waals surface area contributed by atoms with E-state index in [2.05, 4.69) is 15.3 Å². The number of aromatic nitrogens is 3. The minimum absolute atomic E-state index is 0.0518. The summed E-state index contributed by atoms with van der Waals surface area (Å²) in [6.07, 6.45) is 19.2. The molecule has 0 aromatic carbocycles. The number of ketones is 1. The van der Waals surface area contributed by atoms with E-state index in [9.17, 15) is 4.79 Å². The molecule has 40 heavy (non-hydrogen) atoms. The van der Waals surface area contributed by atoms with Gasteiger partial charge in [0.15, 0.2) is 17.1 Å². The summed E-state index contributed by atoms with van der Waals surface area (Å²) in [5.41, 5.74) is 1.79. The molecule has 3 aromatic heterocycles. The maximum absolute atomic E-state index is 13.9. The Morgan fingerprint density at radius 3 is 2.52 bits per heavy atom. The molecule has 4 aliphatic heterocycles. The highest BCUT2D eigenvalue weighted by Gasteiger charge is 2.52. The molecule has 7 rings (SSSR count). The van der Waals surface area contributed by atoms with Gasteiger partial charge in [-0.15, -0.1) is 0 Å². The van der Waals surface area contributed by atoms with Crippen LogP contribution in [-0.4, -0.2) is 37.7 Å². The molecule has 8 heteroatoms. The molecule has 0 saturated carbocycles. The van der Waals surface area contributed by atoms with Crippen LogP contribution in [0.2, 0.25) is 0 Å². The second-order valence-electron chi connectivity index (χ2n) is 11.3. The summed E-state index contributed by atoms with van der Waals surface area (Å²) in [6.45, 7) is 7.70. The van der Waals surface area contributed by atoms with Gasteiger partial charge >= 0.3 is 0 Å². The van der Waals surface area contributed by atoms with Crippen LogP contribution < -0.4 is 16.0 Å². The molecule has 1 saturated heterocycles. The van der Waals surface area contributed by atoms with E-state index in [4.69, 9.17) is 19.4 Å². The number of aryl methyl sites for hydroxylation is 1. The molecular weight excluding hydrogens is 500 g/mol. The summed E-state index contributed by atoms with van der Waals surface area (Å²) < 4.78 is 6.43. The van der Waals surface area contributed by atoms with Gasteiger partial charge < -0.3 is 14.7 Å². The lowest BCUT2D eigenvalue weighted by molar-refractivity contribution is -0.126. The van der Waals surface area contributed by atoms with E-state index >= 15 is 0 Å². The Morgan fingerprint density at radius 1 is 0.950 bits per heavy atom. The van der Waals surface area contributed by atoms with Crippen molar-refractivity contribution in [1.82, 2.24) is 20.3 Å². The Labute approximate surface area is 231 Å². The molecule has 0 radical (unpaired) electrons. The first-order chi connectivity index (χ1) is 19.1. The van der Waals surface area contributed by atoms with Crippen molar-refractivity contribution >= 4 is 29.4 Å². The van der Waals surface area contributed by atoms with Crippen molar-refractivity contribution in [2.24, 2.45) is 15.4 Å². The number of nitrogens with one attached hydrogen (secondary N) is 2. The molecular formula is C32H28N6O2. The number of hydrogen-bond donors (Lipinski definition) is 2. The topological polar surface area (TPSA) is 109 Å². The minimum Gasteiger partial charge on any atom is -0.438 e. The van der Waals surface area contributed by atoms with Crippen LogP contribution in [-0.2, 0) is 10.3 Å². The average Bonchev–Trinajstić information content (AvgIpc) is 3.74. The summed E-state index contributed by atoms with van der Waals surface area (Å²) in [4.78, 5) is 36.2. The van der Waals surface area contributed by atoms with Gasteiger partial charge in [-0.3, -0.25) is 14.8 Å². The summed E-state index contributed by atoms with van der Waals surface area (Å²) >= 11 is 0. The second kappa shape index (κ2) is 8.32. The Morgan fingerprint density at radius 2 is 1.75 bits per heavy atom. The summed E-state index contributed by atoms with van der Waals surface area (Å²) in [5, 5.41) is 5.38. The highest BCUT2D eigenvalue weighted by Crippen LogP contribution is 2.45. The molecule has 1 fully saturated rings. The third-order valence-corrected chi connectivity index (χ3v) is 7.82. The van der Waals surface area contributed by atoms with Gasteiger partial charge in [-0.25, -0.2) is 9.98 Å². The van der Waals surface area contributed by atoms with Crippen LogP contribution in [0.15, 0.2) is 98.9 Å². The van der Waals surface area contributed by atoms with Crippen molar-refractivity contribution in [2.45, 2.75) is 38.8 Å². The van der Waals surface area contributed by atoms with Crippen molar-refractivity contribution in [2.75, 3.05) is 0 Å². The lowest BCUT2D eigenvalue weighted by Gasteiger charge is -2.24. The van der Waals surface area contributed by atoms with Crippen molar-refractivity contribution in [3.05, 3.63) is 107 Å². The van der Waals surface area contributed by atoms with Gasteiger partial charge in [0.05, 0.1) is 33.8 Å². The number of nitrogens with zero attached hydrogens (tertiary/aromatic N) is 4. The molecule has 0 aliphatic carbocycles. The van der Waals surface area contributed by atoms with Crippen molar-refractivity contribution in [1.29, 1.82) is 0 Å². The fourth-order valence-corrected chi connectivity index (χ4v) is 5.80. The maximum Gasteiger partial charge on any atom is 0.228 e. The SMILES string of the molecule is Cc1nc(-c2cccnc2)oc1C12C=CC(=N1)C=c1ccc([nH]1)=CC1=NC(=CC3(C)NC(=C2)C(C)(C)C3=O)C=C1. The van der Waals surface area contributed by atoms with Gasteiger partial charge in [-0.05, 0) is 101 Å². The summed E-state index contributed by atoms with van der Waals surface area (Å²) in [5.74, 6) is 1.11. The van der Waals surface area contributed by atoms with E-state index in [1.165, 1.54) is 0 Å². The number of allylic oxidation sites excluding steroid dienone is 4. The number of Topliss-reactive ketones (excluding diaryl/α,β-unsaturated/α-hetero) is 1. The fourth-order valence-electron chi connectivity index (χ4n) is 5.80. The third kappa shape index (κ3) is 3.78. The first-order valence-electron chi connectivity index (χ1n) is 13.3. The number of H-pyrrole nitrogens is 1. The summed E-state index contributed by atoms with van der Waals surface area (Å²) in [6, 6.07) is 7.78. The van der Waals surface area contributed by atoms with E-state index in [1.54, 1.807) is 12.4 Å². The van der Waals surface area contributed by atoms with Crippen LogP contribution in [0, 0.1) is 12.3 Å². The van der Waals surface area contributed by atoms with Crippen molar-refractivity contribution < 1.29 is 9.21 Å². The molecule has 0 spiro atoms. The van der Waals surface area contributed by atoms with E-state index < -0.39 is 16.5 Å². The lowest BCUT2D eigenvalue weighted by atomic mass is 9.79. The van der Waals surface area contributed by atoms with Crippen LogP contribution >= 0.6 is 0 Å². The van der Waals surface area contributed by atoms with E-state index in [-0.39, 0.29) is 5.78 Å². The Bertz CT molecular complexity index is 1900. The standard InChI is InChI=1S/C32H28N6O2/c1-19-27(40-28(34-19)20-6-5-13-33-18-20)32-12-11-24(37-32)15-23-8-7-21(35-23)14-22-9-10-25(36-22)16-31(4)29(39)30(2,3)26(17-32)38-31/h5-18,35,38H,1-4H3. The molecule has 2 atom stereocenters. The number of aromatic amines is 1. The number of aliphatic imine (C=N–C) groups is 2. The van der Waals surface area contributed by atoms with Crippen LogP contribution in [0.25, 0.3) is 23.6 Å². The number of carbonyl (C=O) groups excluding carboxylic acids is 1. The molecule has 7 heterocycles. The van der Waals surface area contributed by atoms with E-state index in [0.717, 1.165) is 39.1 Å². The first kappa shape index (κ1) is 24.2. The first-order valence-corrected chi connectivity index (χ1v) is 13.3. The highest BCUT2D eigenvalue weighted by atomic mass is 16.4. The highest BCUT2D eigenvalue weighted by molar-refractivity contribution is 6.20. The number of rotatable bonds is 2. The second-order valence-corrected chi connectivity index (χ2v) is 11.3. The van der Waals surface area contributed by atoms with Crippen molar-refractivity contribution in [3.8, 4) is 11.5 Å². The quantitative estimate of drug-likeness (QED) is 0.529. The largest absolute Gasteiger partial charge is 0.438 e. The monoisotopic (exact) mass is 528 g/mol. The van der Waals surface area contributed by atoms with Crippen LogP contribution in [0.4, 0.5) is 0 Å². The molecule has 0 amide bonds. The predicted octanol–water partition coefficient (Wildman–Crippen LogP) is 3.59. The molecule has 3 aromatic rings. The molecule has 4 aliphatic rings. The number of oxazole rings is 1. The summed E-state index contributed by atoms with van der Waals surface area (Å²) in [7, 11) is 0. The third-order valence-electron chi connectivity index (χ3n) is 7.82. The molecule has 8 bridgehead atoms. The smallest absolute Gasteiger partial charge is 0.228 e. The molecule has 198 valence electrons. The lowest BCUT2D eigenvalue weighted by Crippen LogP contribution is -2.41. The number of hydrogen-bond acceptors (Lipinski definition) is 7. The zero-order valence-electron chi connectivity index (χ0n) is 22.7. The molecule has 8 nitrogen and oxygen atoms in total. The van der Waals surface area contributed by atoms with Gasteiger partial charge in [-0.2, -0.15) is 0 Å². The minimum atomic E-state index is -1.02. The Balaban J connectivity index is 1.47. The van der Waals surface area contributed by atoms with Crippen LogP contribution in [0.1, 0.15) is 32.2 Å². The van der Waals surface area contributed by atoms with Gasteiger partial charge in [0, 0.05) is 28.8 Å². The van der Waals surface area contributed by atoms with Crippen LogP contribution in [0.5, 0.6) is 0 Å². The number of carbonyl (C=O) groups is 1.